The van der Waals surface area contributed by atoms with Crippen molar-refractivity contribution in [2.45, 2.75) is 46.8 Å². The van der Waals surface area contributed by atoms with Crippen LogP contribution in [-0.2, 0) is 26.4 Å². The molecule has 0 bridgehead atoms. The molecule has 1 atom stereocenters. The Bertz CT molecular complexity index is 1670. The molecule has 1 aromatic heterocycles. The molecule has 5 rings (SSSR count). The highest BCUT2D eigenvalue weighted by atomic mass is 16.6. The van der Waals surface area contributed by atoms with Gasteiger partial charge in [-0.15, -0.1) is 0 Å². The quantitative estimate of drug-likeness (QED) is 0.113. The second kappa shape index (κ2) is 11.8. The minimum absolute atomic E-state index is 0.0537. The van der Waals surface area contributed by atoms with Crippen LogP contribution in [0.25, 0.3) is 10.9 Å². The minimum atomic E-state index is -1.26. The first kappa shape index (κ1) is 29.0. The standard InChI is InChI=1S/C35H38N2O5/c1-7-36(8-2)25-18-19-29(31(22-25)40-20-21-41-33(38)23(4)5)35(28-16-12-10-14-26(28)34(39)42-35)32-24(6)37(9-3)30-17-13-11-15-27(30)32/h10-19,22H,4,7-9,20-21H2,1-3,5-6H3. The maximum atomic E-state index is 13.6. The first-order chi connectivity index (χ1) is 20.3. The summed E-state index contributed by atoms with van der Waals surface area (Å²) in [5.74, 6) is -0.288. The molecule has 3 aromatic carbocycles. The summed E-state index contributed by atoms with van der Waals surface area (Å²) in [6.07, 6.45) is 0. The van der Waals surface area contributed by atoms with Crippen LogP contribution in [0.4, 0.5) is 5.69 Å². The fraction of sp³-hybridized carbons (Fsp3) is 0.314. The second-order valence-electron chi connectivity index (χ2n) is 10.5. The Hall–Kier alpha value is -4.52. The molecule has 0 spiro atoms. The van der Waals surface area contributed by atoms with Gasteiger partial charge in [0.05, 0.1) is 5.56 Å². The van der Waals surface area contributed by atoms with Crippen LogP contribution in [-0.4, -0.2) is 42.8 Å². The molecular formula is C35H38N2O5. The van der Waals surface area contributed by atoms with Gasteiger partial charge in [0.25, 0.3) is 0 Å². The van der Waals surface area contributed by atoms with E-state index in [1.807, 2.05) is 48.5 Å². The third kappa shape index (κ3) is 4.73. The number of rotatable bonds is 11. The van der Waals surface area contributed by atoms with E-state index in [4.69, 9.17) is 14.2 Å². The lowest BCUT2D eigenvalue weighted by molar-refractivity contribution is -0.139. The molecule has 7 nitrogen and oxygen atoms in total. The lowest BCUT2D eigenvalue weighted by Gasteiger charge is -2.33. The van der Waals surface area contributed by atoms with Crippen molar-refractivity contribution in [3.63, 3.8) is 0 Å². The number of para-hydroxylation sites is 1. The molecule has 218 valence electrons. The van der Waals surface area contributed by atoms with E-state index in [0.717, 1.165) is 53.0 Å². The summed E-state index contributed by atoms with van der Waals surface area (Å²) < 4.78 is 20.6. The molecule has 7 heteroatoms. The van der Waals surface area contributed by atoms with Crippen molar-refractivity contribution >= 4 is 28.5 Å². The summed E-state index contributed by atoms with van der Waals surface area (Å²) in [4.78, 5) is 27.8. The number of hydrogen-bond acceptors (Lipinski definition) is 6. The summed E-state index contributed by atoms with van der Waals surface area (Å²) in [6.45, 7) is 16.2. The Kier molecular flexibility index (Phi) is 8.12. The Balaban J connectivity index is 1.76. The third-order valence-corrected chi connectivity index (χ3v) is 8.07. The molecule has 0 saturated carbocycles. The van der Waals surface area contributed by atoms with Gasteiger partial charge >= 0.3 is 11.9 Å². The molecule has 0 N–H and O–H groups in total. The van der Waals surface area contributed by atoms with Crippen molar-refractivity contribution in [3.8, 4) is 5.75 Å². The van der Waals surface area contributed by atoms with Crippen LogP contribution < -0.4 is 9.64 Å². The number of carbonyl (C=O) groups excluding carboxylic acids is 2. The van der Waals surface area contributed by atoms with Crippen molar-refractivity contribution in [2.24, 2.45) is 0 Å². The Morgan fingerprint density at radius 2 is 1.69 bits per heavy atom. The molecule has 4 aromatic rings. The van der Waals surface area contributed by atoms with Crippen LogP contribution in [0, 0.1) is 6.92 Å². The normalized spacial score (nSPS) is 15.8. The number of cyclic esters (lactones) is 1. The molecule has 0 radical (unpaired) electrons. The van der Waals surface area contributed by atoms with Crippen molar-refractivity contribution in [3.05, 3.63) is 107 Å². The predicted octanol–water partition coefficient (Wildman–Crippen LogP) is 6.78. The van der Waals surface area contributed by atoms with E-state index in [9.17, 15) is 9.59 Å². The molecule has 1 aliphatic heterocycles. The molecule has 0 aliphatic carbocycles. The number of nitrogens with zero attached hydrogens (tertiary/aromatic N) is 2. The summed E-state index contributed by atoms with van der Waals surface area (Å²) in [5.41, 5.74) is 5.05. The summed E-state index contributed by atoms with van der Waals surface area (Å²) >= 11 is 0. The van der Waals surface area contributed by atoms with E-state index in [1.54, 1.807) is 6.92 Å². The largest absolute Gasteiger partial charge is 0.489 e. The zero-order chi connectivity index (χ0) is 30.0. The van der Waals surface area contributed by atoms with E-state index < -0.39 is 11.6 Å². The van der Waals surface area contributed by atoms with Gasteiger partial charge in [0.1, 0.15) is 19.0 Å². The van der Waals surface area contributed by atoms with Crippen LogP contribution in [0.5, 0.6) is 5.75 Å². The molecule has 2 heterocycles. The predicted molar refractivity (Wildman–Crippen MR) is 165 cm³/mol. The number of ether oxygens (including phenoxy) is 3. The lowest BCUT2D eigenvalue weighted by atomic mass is 9.78. The number of aromatic nitrogens is 1. The number of esters is 2. The molecular weight excluding hydrogens is 528 g/mol. The molecule has 1 unspecified atom stereocenters. The Morgan fingerprint density at radius 3 is 2.40 bits per heavy atom. The van der Waals surface area contributed by atoms with Gasteiger partial charge in [-0.05, 0) is 58.9 Å². The fourth-order valence-corrected chi connectivity index (χ4v) is 6.14. The average Bonchev–Trinajstić information content (AvgIpc) is 3.46. The van der Waals surface area contributed by atoms with Crippen LogP contribution in [0.1, 0.15) is 60.4 Å². The minimum Gasteiger partial charge on any atom is -0.489 e. The number of aryl methyl sites for hydroxylation is 1. The second-order valence-corrected chi connectivity index (χ2v) is 10.5. The average molecular weight is 567 g/mol. The van der Waals surface area contributed by atoms with E-state index >= 15 is 0 Å². The molecule has 0 amide bonds. The number of anilines is 1. The molecule has 0 saturated heterocycles. The number of fused-ring (bicyclic) bond motifs is 2. The van der Waals surface area contributed by atoms with Gasteiger partial charge < -0.3 is 23.7 Å². The molecule has 42 heavy (non-hydrogen) atoms. The van der Waals surface area contributed by atoms with Crippen LogP contribution in [0.15, 0.2) is 78.9 Å². The van der Waals surface area contributed by atoms with Crippen LogP contribution >= 0.6 is 0 Å². The first-order valence-electron chi connectivity index (χ1n) is 14.5. The SMILES string of the molecule is C=C(C)C(=O)OCCOc1cc(N(CC)CC)ccc1C1(c2c(C)n(CC)c3ccccc23)OC(=O)c2ccccc21. The van der Waals surface area contributed by atoms with Gasteiger partial charge in [-0.2, -0.15) is 0 Å². The van der Waals surface area contributed by atoms with E-state index in [1.165, 1.54) is 0 Å². The van der Waals surface area contributed by atoms with Crippen molar-refractivity contribution in [2.75, 3.05) is 31.2 Å². The zero-order valence-corrected chi connectivity index (χ0v) is 25.0. The van der Waals surface area contributed by atoms with Gasteiger partial charge in [0.2, 0.25) is 0 Å². The summed E-state index contributed by atoms with van der Waals surface area (Å²) in [6, 6.07) is 21.9. The fourth-order valence-electron chi connectivity index (χ4n) is 6.14. The number of benzene rings is 3. The van der Waals surface area contributed by atoms with E-state index in [-0.39, 0.29) is 19.2 Å². The van der Waals surface area contributed by atoms with Crippen molar-refractivity contribution in [1.82, 2.24) is 4.57 Å². The lowest BCUT2D eigenvalue weighted by Crippen LogP contribution is -2.32. The highest BCUT2D eigenvalue weighted by Gasteiger charge is 2.52. The van der Waals surface area contributed by atoms with Gasteiger partial charge in [0, 0.05) is 70.2 Å². The maximum absolute atomic E-state index is 13.6. The summed E-state index contributed by atoms with van der Waals surface area (Å²) in [7, 11) is 0. The molecule has 1 aliphatic rings. The van der Waals surface area contributed by atoms with E-state index in [2.05, 4.69) is 61.9 Å². The van der Waals surface area contributed by atoms with Gasteiger partial charge in [0.15, 0.2) is 5.60 Å². The summed E-state index contributed by atoms with van der Waals surface area (Å²) in [5, 5.41) is 1.01. The third-order valence-electron chi connectivity index (χ3n) is 8.07. The highest BCUT2D eigenvalue weighted by molar-refractivity contribution is 5.99. The van der Waals surface area contributed by atoms with Gasteiger partial charge in [-0.3, -0.25) is 0 Å². The van der Waals surface area contributed by atoms with Crippen molar-refractivity contribution < 1.29 is 23.8 Å². The zero-order valence-electron chi connectivity index (χ0n) is 25.0. The number of carbonyl (C=O) groups is 2. The first-order valence-corrected chi connectivity index (χ1v) is 14.5. The number of hydrogen-bond donors (Lipinski definition) is 0. The highest BCUT2D eigenvalue weighted by Crippen LogP contribution is 2.53. The Morgan fingerprint density at radius 1 is 0.976 bits per heavy atom. The monoisotopic (exact) mass is 566 g/mol. The smallest absolute Gasteiger partial charge is 0.340 e. The topological polar surface area (TPSA) is 70.0 Å². The van der Waals surface area contributed by atoms with Crippen LogP contribution in [0.2, 0.25) is 0 Å². The molecule has 0 fully saturated rings. The van der Waals surface area contributed by atoms with Gasteiger partial charge in [-0.1, -0.05) is 43.0 Å². The maximum Gasteiger partial charge on any atom is 0.340 e. The van der Waals surface area contributed by atoms with Crippen molar-refractivity contribution in [1.29, 1.82) is 0 Å². The van der Waals surface area contributed by atoms with Gasteiger partial charge in [-0.25, -0.2) is 9.59 Å². The van der Waals surface area contributed by atoms with Crippen LogP contribution in [0.3, 0.4) is 0 Å². The van der Waals surface area contributed by atoms with E-state index in [0.29, 0.717) is 22.4 Å². The Labute approximate surface area is 247 Å².